The molecule has 0 saturated heterocycles. The van der Waals surface area contributed by atoms with Crippen LogP contribution in [0.4, 0.5) is 0 Å². The second-order valence-electron chi connectivity index (χ2n) is 5.88. The van der Waals surface area contributed by atoms with Gasteiger partial charge in [0.15, 0.2) is 0 Å². The zero-order valence-electron chi connectivity index (χ0n) is 14.9. The molecule has 0 spiro atoms. The van der Waals surface area contributed by atoms with Crippen molar-refractivity contribution in [2.75, 3.05) is 20.3 Å². The molecular weight excluding hydrogens is 352 g/mol. The predicted octanol–water partition coefficient (Wildman–Crippen LogP) is 2.49. The van der Waals surface area contributed by atoms with Crippen LogP contribution in [0.15, 0.2) is 59.5 Å². The minimum Gasteiger partial charge on any atom is -0.385 e. The standard InChI is InChI=1S/C19H24N2O4S/c1-15(16-8-4-3-5-9-16)21-19(22)17-10-6-11-18(14-17)26(23,24)20-12-7-13-25-2/h3-6,8-11,14-15,20H,7,12-13H2,1-2H3,(H,21,22). The minimum atomic E-state index is -3.66. The van der Waals surface area contributed by atoms with Crippen molar-refractivity contribution in [3.63, 3.8) is 0 Å². The normalized spacial score (nSPS) is 12.5. The van der Waals surface area contributed by atoms with E-state index in [0.717, 1.165) is 5.56 Å². The maximum atomic E-state index is 12.5. The monoisotopic (exact) mass is 376 g/mol. The average molecular weight is 376 g/mol. The Labute approximate surface area is 154 Å². The second-order valence-corrected chi connectivity index (χ2v) is 7.64. The quantitative estimate of drug-likeness (QED) is 0.659. The van der Waals surface area contributed by atoms with Crippen LogP contribution in [0.2, 0.25) is 0 Å². The van der Waals surface area contributed by atoms with Gasteiger partial charge in [0.2, 0.25) is 10.0 Å². The van der Waals surface area contributed by atoms with Crippen LogP contribution < -0.4 is 10.0 Å². The molecule has 2 aromatic rings. The van der Waals surface area contributed by atoms with Gasteiger partial charge in [-0.15, -0.1) is 0 Å². The fourth-order valence-corrected chi connectivity index (χ4v) is 3.54. The van der Waals surface area contributed by atoms with E-state index in [1.165, 1.54) is 12.1 Å². The first-order valence-corrected chi connectivity index (χ1v) is 9.87. The molecule has 0 aliphatic rings. The molecular formula is C19H24N2O4S. The van der Waals surface area contributed by atoms with Gasteiger partial charge in [0.05, 0.1) is 10.9 Å². The lowest BCUT2D eigenvalue weighted by Gasteiger charge is -2.15. The molecule has 0 radical (unpaired) electrons. The number of sulfonamides is 1. The molecule has 0 saturated carbocycles. The summed E-state index contributed by atoms with van der Waals surface area (Å²) in [6.07, 6.45) is 0.574. The van der Waals surface area contributed by atoms with Gasteiger partial charge in [-0.05, 0) is 37.1 Å². The van der Waals surface area contributed by atoms with E-state index in [1.54, 1.807) is 19.2 Å². The van der Waals surface area contributed by atoms with Crippen LogP contribution in [0, 0.1) is 0 Å². The van der Waals surface area contributed by atoms with Gasteiger partial charge in [-0.3, -0.25) is 4.79 Å². The van der Waals surface area contributed by atoms with Crippen molar-refractivity contribution in [3.05, 3.63) is 65.7 Å². The summed E-state index contributed by atoms with van der Waals surface area (Å²) in [6.45, 7) is 2.63. The molecule has 0 bridgehead atoms. The first kappa shape index (κ1) is 20.1. The van der Waals surface area contributed by atoms with Crippen molar-refractivity contribution in [2.45, 2.75) is 24.3 Å². The van der Waals surface area contributed by atoms with Crippen molar-refractivity contribution in [2.24, 2.45) is 0 Å². The molecule has 0 heterocycles. The molecule has 7 heteroatoms. The zero-order valence-corrected chi connectivity index (χ0v) is 15.8. The molecule has 6 nitrogen and oxygen atoms in total. The Bertz CT molecular complexity index is 822. The number of hydrogen-bond acceptors (Lipinski definition) is 4. The van der Waals surface area contributed by atoms with Crippen molar-refractivity contribution in [1.82, 2.24) is 10.0 Å². The van der Waals surface area contributed by atoms with Gasteiger partial charge < -0.3 is 10.1 Å². The smallest absolute Gasteiger partial charge is 0.251 e. The lowest BCUT2D eigenvalue weighted by atomic mass is 10.1. The molecule has 0 aliphatic carbocycles. The molecule has 140 valence electrons. The molecule has 1 unspecified atom stereocenters. The Hall–Kier alpha value is -2.22. The lowest BCUT2D eigenvalue weighted by molar-refractivity contribution is 0.0939. The van der Waals surface area contributed by atoms with E-state index >= 15 is 0 Å². The van der Waals surface area contributed by atoms with Crippen molar-refractivity contribution < 1.29 is 17.9 Å². The Morgan fingerprint density at radius 1 is 1.12 bits per heavy atom. The van der Waals surface area contributed by atoms with E-state index in [1.807, 2.05) is 37.3 Å². The van der Waals surface area contributed by atoms with Crippen molar-refractivity contribution in [3.8, 4) is 0 Å². The van der Waals surface area contributed by atoms with Crippen molar-refractivity contribution in [1.29, 1.82) is 0 Å². The number of carbonyl (C=O) groups excluding carboxylic acids is 1. The number of rotatable bonds is 9. The summed E-state index contributed by atoms with van der Waals surface area (Å²) in [6, 6.07) is 15.4. The number of ether oxygens (including phenoxy) is 1. The zero-order chi connectivity index (χ0) is 19.0. The predicted molar refractivity (Wildman–Crippen MR) is 100 cm³/mol. The van der Waals surface area contributed by atoms with Gasteiger partial charge in [-0.25, -0.2) is 13.1 Å². The molecule has 0 fully saturated rings. The number of methoxy groups -OCH3 is 1. The number of hydrogen-bond donors (Lipinski definition) is 2. The molecule has 0 aliphatic heterocycles. The summed E-state index contributed by atoms with van der Waals surface area (Å²) in [4.78, 5) is 12.5. The first-order chi connectivity index (χ1) is 12.4. The van der Waals surface area contributed by atoms with Gasteiger partial charge >= 0.3 is 0 Å². The number of benzene rings is 2. The largest absolute Gasteiger partial charge is 0.385 e. The van der Waals surface area contributed by atoms with Crippen LogP contribution in [0.25, 0.3) is 0 Å². The van der Waals surface area contributed by atoms with Crippen LogP contribution >= 0.6 is 0 Å². The van der Waals surface area contributed by atoms with E-state index in [-0.39, 0.29) is 23.4 Å². The summed E-state index contributed by atoms with van der Waals surface area (Å²) in [5, 5.41) is 2.88. The first-order valence-electron chi connectivity index (χ1n) is 8.38. The van der Waals surface area contributed by atoms with Crippen LogP contribution in [-0.4, -0.2) is 34.6 Å². The van der Waals surface area contributed by atoms with Crippen LogP contribution in [0.3, 0.4) is 0 Å². The molecule has 26 heavy (non-hydrogen) atoms. The lowest BCUT2D eigenvalue weighted by Crippen LogP contribution is -2.28. The fourth-order valence-electron chi connectivity index (χ4n) is 2.42. The summed E-state index contributed by atoms with van der Waals surface area (Å²) in [5.74, 6) is -0.321. The Kier molecular flexibility index (Phi) is 7.32. The molecule has 2 rings (SSSR count). The maximum Gasteiger partial charge on any atom is 0.251 e. The van der Waals surface area contributed by atoms with Crippen molar-refractivity contribution >= 4 is 15.9 Å². The summed E-state index contributed by atoms with van der Waals surface area (Å²) >= 11 is 0. The van der Waals surface area contributed by atoms with E-state index in [9.17, 15) is 13.2 Å². The Morgan fingerprint density at radius 3 is 2.54 bits per heavy atom. The highest BCUT2D eigenvalue weighted by Gasteiger charge is 2.17. The molecule has 1 atom stereocenters. The molecule has 0 aromatic heterocycles. The highest BCUT2D eigenvalue weighted by atomic mass is 32.2. The third-order valence-corrected chi connectivity index (χ3v) is 5.33. The van der Waals surface area contributed by atoms with Gasteiger partial charge in [-0.1, -0.05) is 36.4 Å². The minimum absolute atomic E-state index is 0.0648. The highest BCUT2D eigenvalue weighted by Crippen LogP contribution is 2.15. The van der Waals surface area contributed by atoms with Crippen LogP contribution in [0.5, 0.6) is 0 Å². The molecule has 1 amide bonds. The van der Waals surface area contributed by atoms with Crippen LogP contribution in [0.1, 0.15) is 35.3 Å². The number of carbonyl (C=O) groups is 1. The van der Waals surface area contributed by atoms with Crippen LogP contribution in [-0.2, 0) is 14.8 Å². The summed E-state index contributed by atoms with van der Waals surface area (Å²) in [5.41, 5.74) is 1.27. The topological polar surface area (TPSA) is 84.5 Å². The third-order valence-electron chi connectivity index (χ3n) is 3.87. The number of amides is 1. The Morgan fingerprint density at radius 2 is 1.85 bits per heavy atom. The van der Waals surface area contributed by atoms with Gasteiger partial charge in [-0.2, -0.15) is 0 Å². The third kappa shape index (κ3) is 5.66. The average Bonchev–Trinajstić information content (AvgIpc) is 2.66. The van der Waals surface area contributed by atoms with E-state index in [0.29, 0.717) is 18.6 Å². The number of nitrogens with one attached hydrogen (secondary N) is 2. The second kappa shape index (κ2) is 9.47. The summed E-state index contributed by atoms with van der Waals surface area (Å²) < 4.78 is 32.1. The Balaban J connectivity index is 2.06. The maximum absolute atomic E-state index is 12.5. The molecule has 2 N–H and O–H groups in total. The van der Waals surface area contributed by atoms with E-state index in [2.05, 4.69) is 10.0 Å². The van der Waals surface area contributed by atoms with Gasteiger partial charge in [0.25, 0.3) is 5.91 Å². The van der Waals surface area contributed by atoms with Gasteiger partial charge in [0.1, 0.15) is 0 Å². The molecule has 2 aromatic carbocycles. The van der Waals surface area contributed by atoms with Gasteiger partial charge in [0, 0.05) is 25.8 Å². The summed E-state index contributed by atoms with van der Waals surface area (Å²) in [7, 11) is -2.10. The highest BCUT2D eigenvalue weighted by molar-refractivity contribution is 7.89. The van der Waals surface area contributed by atoms with E-state index in [4.69, 9.17) is 4.74 Å². The SMILES string of the molecule is COCCCNS(=O)(=O)c1cccc(C(=O)NC(C)c2ccccc2)c1. The fraction of sp³-hybridized carbons (Fsp3) is 0.316. The van der Waals surface area contributed by atoms with E-state index < -0.39 is 10.0 Å².